The third kappa shape index (κ3) is 5.24. The Bertz CT molecular complexity index is 544. The first-order chi connectivity index (χ1) is 12.1. The van der Waals surface area contributed by atoms with Crippen molar-refractivity contribution >= 4 is 5.91 Å². The summed E-state index contributed by atoms with van der Waals surface area (Å²) in [5.74, 6) is 1.43. The van der Waals surface area contributed by atoms with Gasteiger partial charge in [0.05, 0.1) is 19.8 Å². The second-order valence-electron chi connectivity index (χ2n) is 5.83. The van der Waals surface area contributed by atoms with Crippen LogP contribution in [0.5, 0.6) is 17.2 Å². The lowest BCUT2D eigenvalue weighted by atomic mass is 10.1. The zero-order valence-electron chi connectivity index (χ0n) is 15.6. The Morgan fingerprint density at radius 3 is 1.96 bits per heavy atom. The van der Waals surface area contributed by atoms with Gasteiger partial charge in [0, 0.05) is 31.7 Å². The van der Waals surface area contributed by atoms with Gasteiger partial charge in [0.25, 0.3) is 5.91 Å². The average molecular weight is 351 g/mol. The molecule has 1 aliphatic heterocycles. The molecule has 1 fully saturated rings. The van der Waals surface area contributed by atoms with Gasteiger partial charge in [-0.05, 0) is 40.0 Å². The Kier molecular flexibility index (Phi) is 7.33. The largest absolute Gasteiger partial charge is 0.490 e. The molecule has 140 valence electrons. The van der Waals surface area contributed by atoms with E-state index in [1.165, 1.54) is 0 Å². The van der Waals surface area contributed by atoms with E-state index in [1.807, 2.05) is 25.8 Å². The van der Waals surface area contributed by atoms with Crippen LogP contribution in [0, 0.1) is 0 Å². The summed E-state index contributed by atoms with van der Waals surface area (Å²) in [6.07, 6.45) is 0. The number of carbonyl (C=O) groups is 1. The predicted molar refractivity (Wildman–Crippen MR) is 96.5 cm³/mol. The van der Waals surface area contributed by atoms with Crippen LogP contribution in [0.2, 0.25) is 0 Å². The smallest absolute Gasteiger partial charge is 0.265 e. The maximum atomic E-state index is 12.7. The van der Waals surface area contributed by atoms with Gasteiger partial charge < -0.3 is 19.1 Å². The number of hydrogen-bond donors (Lipinski definition) is 1. The maximum Gasteiger partial charge on any atom is 0.265 e. The molecule has 1 saturated heterocycles. The van der Waals surface area contributed by atoms with Crippen molar-refractivity contribution < 1.29 is 19.0 Å². The van der Waals surface area contributed by atoms with Crippen molar-refractivity contribution in [3.05, 3.63) is 17.7 Å². The SMILES string of the molecule is CCOc1cc(C(=O)NN2CCN(C)CC2)cc(OCC)c1OCC. The van der Waals surface area contributed by atoms with Crippen molar-refractivity contribution in [2.75, 3.05) is 53.0 Å². The Morgan fingerprint density at radius 1 is 0.960 bits per heavy atom. The molecule has 1 aromatic rings. The topological polar surface area (TPSA) is 63.3 Å². The van der Waals surface area contributed by atoms with Crippen LogP contribution in [0.15, 0.2) is 12.1 Å². The molecule has 0 aromatic heterocycles. The fourth-order valence-electron chi connectivity index (χ4n) is 2.65. The summed E-state index contributed by atoms with van der Waals surface area (Å²) in [5, 5.41) is 1.94. The normalized spacial score (nSPS) is 15.7. The zero-order chi connectivity index (χ0) is 18.2. The van der Waals surface area contributed by atoms with Gasteiger partial charge in [-0.25, -0.2) is 5.01 Å². The number of likely N-dealkylation sites (N-methyl/N-ethyl adjacent to an activating group) is 1. The molecular formula is C18H29N3O4. The molecule has 25 heavy (non-hydrogen) atoms. The quantitative estimate of drug-likeness (QED) is 0.770. The minimum absolute atomic E-state index is 0.172. The third-order valence-corrected chi connectivity index (χ3v) is 3.93. The first-order valence-corrected chi connectivity index (χ1v) is 8.89. The predicted octanol–water partition coefficient (Wildman–Crippen LogP) is 1.77. The molecule has 2 rings (SSSR count). The summed E-state index contributed by atoms with van der Waals surface area (Å²) in [6, 6.07) is 3.42. The molecule has 0 bridgehead atoms. The van der Waals surface area contributed by atoms with Gasteiger partial charge >= 0.3 is 0 Å². The average Bonchev–Trinajstić information content (AvgIpc) is 2.60. The van der Waals surface area contributed by atoms with Crippen molar-refractivity contribution in [1.82, 2.24) is 15.3 Å². The van der Waals surface area contributed by atoms with Crippen LogP contribution in [0.25, 0.3) is 0 Å². The van der Waals surface area contributed by atoms with Crippen LogP contribution < -0.4 is 19.6 Å². The summed E-state index contributed by atoms with van der Waals surface area (Å²) in [4.78, 5) is 14.9. The number of nitrogens with zero attached hydrogens (tertiary/aromatic N) is 2. The van der Waals surface area contributed by atoms with E-state index in [-0.39, 0.29) is 5.91 Å². The van der Waals surface area contributed by atoms with E-state index in [4.69, 9.17) is 14.2 Å². The highest BCUT2D eigenvalue weighted by atomic mass is 16.5. The van der Waals surface area contributed by atoms with Gasteiger partial charge in [-0.1, -0.05) is 0 Å². The standard InChI is InChI=1S/C18H29N3O4/c1-5-23-15-12-14(13-16(24-6-2)17(15)25-7-3)18(22)19-21-10-8-20(4)9-11-21/h12-13H,5-11H2,1-4H3,(H,19,22). The molecule has 1 amide bonds. The molecule has 0 atom stereocenters. The second-order valence-corrected chi connectivity index (χ2v) is 5.83. The van der Waals surface area contributed by atoms with Crippen LogP contribution in [0.4, 0.5) is 0 Å². The van der Waals surface area contributed by atoms with E-state index in [0.717, 1.165) is 26.2 Å². The van der Waals surface area contributed by atoms with Crippen molar-refractivity contribution in [1.29, 1.82) is 0 Å². The number of piperazine rings is 1. The molecular weight excluding hydrogens is 322 g/mol. The van der Waals surface area contributed by atoms with Gasteiger partial charge in [0.15, 0.2) is 11.5 Å². The Balaban J connectivity index is 2.21. The number of ether oxygens (including phenoxy) is 3. The van der Waals surface area contributed by atoms with E-state index in [9.17, 15) is 4.79 Å². The summed E-state index contributed by atoms with van der Waals surface area (Å²) >= 11 is 0. The van der Waals surface area contributed by atoms with Crippen LogP contribution >= 0.6 is 0 Å². The number of hydrazine groups is 1. The first-order valence-electron chi connectivity index (χ1n) is 8.89. The van der Waals surface area contributed by atoms with E-state index in [1.54, 1.807) is 12.1 Å². The summed E-state index contributed by atoms with van der Waals surface area (Å²) in [7, 11) is 2.08. The molecule has 0 spiro atoms. The van der Waals surface area contributed by atoms with Crippen molar-refractivity contribution in [3.63, 3.8) is 0 Å². The molecule has 1 aliphatic rings. The number of benzene rings is 1. The molecule has 7 heteroatoms. The second kappa shape index (κ2) is 9.48. The highest BCUT2D eigenvalue weighted by molar-refractivity contribution is 5.95. The Morgan fingerprint density at radius 2 is 1.48 bits per heavy atom. The van der Waals surface area contributed by atoms with Gasteiger partial charge in [-0.3, -0.25) is 10.2 Å². The fourth-order valence-corrected chi connectivity index (χ4v) is 2.65. The fraction of sp³-hybridized carbons (Fsp3) is 0.611. The minimum Gasteiger partial charge on any atom is -0.490 e. The van der Waals surface area contributed by atoms with Crippen LogP contribution in [-0.4, -0.2) is 68.9 Å². The number of carbonyl (C=O) groups excluding carboxylic acids is 1. The first kappa shape index (κ1) is 19.3. The molecule has 0 aliphatic carbocycles. The summed E-state index contributed by atoms with van der Waals surface area (Å²) < 4.78 is 17.0. The van der Waals surface area contributed by atoms with Crippen LogP contribution in [0.1, 0.15) is 31.1 Å². The molecule has 7 nitrogen and oxygen atoms in total. The zero-order valence-corrected chi connectivity index (χ0v) is 15.6. The molecule has 1 heterocycles. The lowest BCUT2D eigenvalue weighted by Crippen LogP contribution is -2.52. The number of rotatable bonds is 8. The highest BCUT2D eigenvalue weighted by Gasteiger charge is 2.21. The molecule has 0 radical (unpaired) electrons. The minimum atomic E-state index is -0.172. The van der Waals surface area contributed by atoms with Crippen molar-refractivity contribution in [2.24, 2.45) is 0 Å². The van der Waals surface area contributed by atoms with Gasteiger partial charge in [0.1, 0.15) is 0 Å². The van der Waals surface area contributed by atoms with Crippen LogP contribution in [-0.2, 0) is 0 Å². The lowest BCUT2D eigenvalue weighted by molar-refractivity contribution is 0.0661. The van der Waals surface area contributed by atoms with E-state index in [0.29, 0.717) is 42.6 Å². The third-order valence-electron chi connectivity index (χ3n) is 3.93. The van der Waals surface area contributed by atoms with Crippen molar-refractivity contribution in [3.8, 4) is 17.2 Å². The monoisotopic (exact) mass is 351 g/mol. The van der Waals surface area contributed by atoms with Crippen molar-refractivity contribution in [2.45, 2.75) is 20.8 Å². The highest BCUT2D eigenvalue weighted by Crippen LogP contribution is 2.39. The molecule has 0 saturated carbocycles. The Hall–Kier alpha value is -1.99. The van der Waals surface area contributed by atoms with E-state index in [2.05, 4.69) is 17.4 Å². The van der Waals surface area contributed by atoms with Gasteiger partial charge in [-0.15, -0.1) is 0 Å². The molecule has 1 aromatic carbocycles. The van der Waals surface area contributed by atoms with Gasteiger partial charge in [-0.2, -0.15) is 0 Å². The van der Waals surface area contributed by atoms with Gasteiger partial charge in [0.2, 0.25) is 5.75 Å². The van der Waals surface area contributed by atoms with E-state index >= 15 is 0 Å². The summed E-state index contributed by atoms with van der Waals surface area (Å²) in [6.45, 7) is 10.6. The Labute approximate surface area is 149 Å². The lowest BCUT2D eigenvalue weighted by Gasteiger charge is -2.32. The van der Waals surface area contributed by atoms with Crippen LogP contribution in [0.3, 0.4) is 0 Å². The molecule has 1 N–H and O–H groups in total. The molecule has 0 unspecified atom stereocenters. The number of hydrogen-bond acceptors (Lipinski definition) is 6. The van der Waals surface area contributed by atoms with E-state index < -0.39 is 0 Å². The maximum absolute atomic E-state index is 12.7. The summed E-state index contributed by atoms with van der Waals surface area (Å²) in [5.41, 5.74) is 3.46. The number of amides is 1. The number of nitrogens with one attached hydrogen (secondary N) is 1.